The second-order valence-electron chi connectivity index (χ2n) is 12.0. The van der Waals surface area contributed by atoms with E-state index in [2.05, 4.69) is 52.2 Å². The minimum Gasteiger partial charge on any atom is -0.370 e. The number of aryl methyl sites for hydroxylation is 1. The second kappa shape index (κ2) is 14.7. The van der Waals surface area contributed by atoms with Crippen molar-refractivity contribution in [2.75, 3.05) is 43.0 Å². The number of benzene rings is 2. The fourth-order valence-corrected chi connectivity index (χ4v) is 6.40. The van der Waals surface area contributed by atoms with E-state index in [1.807, 2.05) is 6.07 Å². The first-order valence-corrected chi connectivity index (χ1v) is 16.5. The molecule has 48 heavy (non-hydrogen) atoms. The number of halogens is 3. The molecule has 0 saturated carbocycles. The molecule has 2 aliphatic heterocycles. The van der Waals surface area contributed by atoms with Crippen molar-refractivity contribution in [2.24, 2.45) is 13.0 Å². The van der Waals surface area contributed by atoms with Gasteiger partial charge < -0.3 is 20.1 Å². The number of nitrogens with zero attached hydrogens (tertiary/aromatic N) is 4. The van der Waals surface area contributed by atoms with Gasteiger partial charge in [-0.15, -0.1) is 0 Å². The number of imide groups is 1. The minimum atomic E-state index is -0.786. The number of anilines is 3. The Morgan fingerprint density at radius 2 is 1.94 bits per heavy atom. The number of amides is 3. The number of carbonyl (C=O) groups excluding carboxylic acids is 3. The minimum absolute atomic E-state index is 0.00482. The summed E-state index contributed by atoms with van der Waals surface area (Å²) in [5, 5.41) is 8.50. The highest BCUT2D eigenvalue weighted by molar-refractivity contribution is 9.10. The van der Waals surface area contributed by atoms with Gasteiger partial charge in [0.05, 0.1) is 53.2 Å². The Morgan fingerprint density at radius 3 is 2.71 bits per heavy atom. The molecule has 2 aliphatic rings. The lowest BCUT2D eigenvalue weighted by molar-refractivity contribution is -0.134. The Hall–Kier alpha value is -4.47. The predicted molar refractivity (Wildman–Crippen MR) is 179 cm³/mol. The van der Waals surface area contributed by atoms with Crippen LogP contribution in [-0.2, 0) is 21.5 Å². The molecule has 4 aromatic rings. The molecular formula is C33H35BrF2N8O4. The summed E-state index contributed by atoms with van der Waals surface area (Å²) in [4.78, 5) is 53.1. The quantitative estimate of drug-likeness (QED) is 0.100. The molecular weight excluding hydrogens is 690 g/mol. The van der Waals surface area contributed by atoms with Gasteiger partial charge in [-0.1, -0.05) is 15.9 Å². The molecule has 4 N–H and O–H groups in total. The fraction of sp³-hybridized carbons (Fsp3) is 0.364. The summed E-state index contributed by atoms with van der Waals surface area (Å²) in [7, 11) is 1.68. The number of hydrogen-bond acceptors (Lipinski definition) is 9. The van der Waals surface area contributed by atoms with E-state index in [1.165, 1.54) is 24.5 Å². The van der Waals surface area contributed by atoms with E-state index < -0.39 is 17.5 Å². The van der Waals surface area contributed by atoms with E-state index in [0.717, 1.165) is 43.7 Å². The maximum atomic E-state index is 15.6. The standard InChI is InChI=1S/C33H35BrF2N8O4/c1-43-18-39-31-27(43)14-24(30(29(31)36)40-26-4-2-21(34)13-25(26)35)33(47)42-48-11-8-37-15-19-6-9-44(10-7-19)22-12-20(16-38-17-22)23-3-5-28(45)41-32(23)46/h2,4,12-14,16-19,23,37,40H,3,5-11,15H2,1H3,(H,42,47)(H,41,45,46). The van der Waals surface area contributed by atoms with Gasteiger partial charge in [0.2, 0.25) is 11.8 Å². The highest BCUT2D eigenvalue weighted by Crippen LogP contribution is 2.33. The third kappa shape index (κ3) is 7.48. The monoisotopic (exact) mass is 724 g/mol. The van der Waals surface area contributed by atoms with Crippen molar-refractivity contribution in [1.29, 1.82) is 0 Å². The van der Waals surface area contributed by atoms with Crippen LogP contribution in [0.25, 0.3) is 11.0 Å². The normalized spacial score (nSPS) is 17.1. The first-order valence-electron chi connectivity index (χ1n) is 15.7. The van der Waals surface area contributed by atoms with E-state index in [1.54, 1.807) is 30.1 Å². The number of hydroxylamine groups is 1. The summed E-state index contributed by atoms with van der Waals surface area (Å²) >= 11 is 3.20. The topological polar surface area (TPSA) is 143 Å². The van der Waals surface area contributed by atoms with Crippen LogP contribution in [0.5, 0.6) is 0 Å². The zero-order chi connectivity index (χ0) is 33.8. The number of nitrogens with one attached hydrogen (secondary N) is 4. The molecule has 3 amide bonds. The van der Waals surface area contributed by atoms with Gasteiger partial charge in [-0.25, -0.2) is 19.2 Å². The van der Waals surface area contributed by atoms with Crippen LogP contribution in [0.4, 0.5) is 25.8 Å². The van der Waals surface area contributed by atoms with Crippen LogP contribution < -0.4 is 26.3 Å². The molecule has 0 aliphatic carbocycles. The Balaban J connectivity index is 0.971. The SMILES string of the molecule is Cn1cnc2c(F)c(Nc3ccc(Br)cc3F)c(C(=O)NOCCNCC3CCN(c4cncc(C5CCC(=O)NC5=O)c4)CC3)cc21. The Labute approximate surface area is 283 Å². The molecule has 6 rings (SSSR count). The van der Waals surface area contributed by atoms with E-state index >= 15 is 4.39 Å². The van der Waals surface area contributed by atoms with Crippen molar-refractivity contribution < 1.29 is 28.0 Å². The van der Waals surface area contributed by atoms with Gasteiger partial charge in [-0.3, -0.25) is 29.5 Å². The van der Waals surface area contributed by atoms with E-state index in [9.17, 15) is 18.8 Å². The zero-order valence-electron chi connectivity index (χ0n) is 26.2. The summed E-state index contributed by atoms with van der Waals surface area (Å²) in [6, 6.07) is 7.76. The molecule has 0 spiro atoms. The summed E-state index contributed by atoms with van der Waals surface area (Å²) in [6.07, 6.45) is 7.68. The number of piperidine rings is 2. The number of pyridine rings is 1. The highest BCUT2D eigenvalue weighted by atomic mass is 79.9. The number of rotatable bonds is 11. The number of hydrogen-bond donors (Lipinski definition) is 4. The van der Waals surface area contributed by atoms with Crippen molar-refractivity contribution in [1.82, 2.24) is 30.6 Å². The molecule has 2 saturated heterocycles. The molecule has 2 aromatic carbocycles. The molecule has 0 bridgehead atoms. The second-order valence-corrected chi connectivity index (χ2v) is 12.9. The van der Waals surface area contributed by atoms with Gasteiger partial charge in [-0.05, 0) is 67.6 Å². The van der Waals surface area contributed by atoms with E-state index in [4.69, 9.17) is 4.84 Å². The third-order valence-electron chi connectivity index (χ3n) is 8.74. The molecule has 2 aromatic heterocycles. The van der Waals surface area contributed by atoms with Gasteiger partial charge in [0.1, 0.15) is 11.3 Å². The first kappa shape index (κ1) is 33.4. The van der Waals surface area contributed by atoms with Crippen LogP contribution in [0.3, 0.4) is 0 Å². The lowest BCUT2D eigenvalue weighted by Gasteiger charge is -2.34. The Bertz CT molecular complexity index is 1850. The molecule has 252 valence electrons. The summed E-state index contributed by atoms with van der Waals surface area (Å²) < 4.78 is 32.3. The van der Waals surface area contributed by atoms with Gasteiger partial charge >= 0.3 is 0 Å². The molecule has 1 unspecified atom stereocenters. The Kier molecular flexibility index (Phi) is 10.3. The maximum absolute atomic E-state index is 15.6. The zero-order valence-corrected chi connectivity index (χ0v) is 27.8. The molecule has 12 nitrogen and oxygen atoms in total. The number of fused-ring (bicyclic) bond motifs is 1. The largest absolute Gasteiger partial charge is 0.370 e. The van der Waals surface area contributed by atoms with Crippen LogP contribution in [0, 0.1) is 17.6 Å². The maximum Gasteiger partial charge on any atom is 0.277 e. The summed E-state index contributed by atoms with van der Waals surface area (Å²) in [5.41, 5.74) is 4.32. The fourth-order valence-electron chi connectivity index (χ4n) is 6.07. The van der Waals surface area contributed by atoms with Crippen molar-refractivity contribution in [3.05, 3.63) is 76.3 Å². The predicted octanol–water partition coefficient (Wildman–Crippen LogP) is 4.44. The summed E-state index contributed by atoms with van der Waals surface area (Å²) in [5.74, 6) is -2.53. The summed E-state index contributed by atoms with van der Waals surface area (Å²) in [6.45, 7) is 3.11. The number of aromatic nitrogens is 3. The number of imidazole rings is 1. The van der Waals surface area contributed by atoms with E-state index in [-0.39, 0.29) is 46.8 Å². The molecule has 1 atom stereocenters. The van der Waals surface area contributed by atoms with E-state index in [0.29, 0.717) is 35.3 Å². The number of carbonyl (C=O) groups is 3. The van der Waals surface area contributed by atoms with Crippen molar-refractivity contribution in [3.8, 4) is 0 Å². The highest BCUT2D eigenvalue weighted by Gasteiger charge is 2.29. The van der Waals surface area contributed by atoms with Gasteiger partial charge in [0.15, 0.2) is 5.82 Å². The van der Waals surface area contributed by atoms with Crippen LogP contribution in [0.15, 0.2) is 53.5 Å². The molecule has 2 fully saturated rings. The van der Waals surface area contributed by atoms with Gasteiger partial charge in [0, 0.05) is 43.8 Å². The van der Waals surface area contributed by atoms with Crippen LogP contribution in [0.2, 0.25) is 0 Å². The first-order chi connectivity index (χ1) is 23.2. The average Bonchev–Trinajstić information content (AvgIpc) is 3.45. The lowest BCUT2D eigenvalue weighted by atomic mass is 9.91. The van der Waals surface area contributed by atoms with Gasteiger partial charge in [0.25, 0.3) is 5.91 Å². The third-order valence-corrected chi connectivity index (χ3v) is 9.23. The average molecular weight is 726 g/mol. The van der Waals surface area contributed by atoms with Gasteiger partial charge in [-0.2, -0.15) is 0 Å². The van der Waals surface area contributed by atoms with Crippen LogP contribution >= 0.6 is 15.9 Å². The Morgan fingerprint density at radius 1 is 1.12 bits per heavy atom. The van der Waals surface area contributed by atoms with Crippen molar-refractivity contribution in [2.45, 2.75) is 31.6 Å². The van der Waals surface area contributed by atoms with Crippen LogP contribution in [-0.4, -0.2) is 65.0 Å². The molecule has 4 heterocycles. The van der Waals surface area contributed by atoms with Crippen molar-refractivity contribution >= 4 is 61.7 Å². The molecule has 15 heteroatoms. The lowest BCUT2D eigenvalue weighted by Crippen LogP contribution is -2.40. The smallest absolute Gasteiger partial charge is 0.277 e. The van der Waals surface area contributed by atoms with Crippen LogP contribution in [0.1, 0.15) is 47.5 Å². The van der Waals surface area contributed by atoms with Crippen molar-refractivity contribution in [3.63, 3.8) is 0 Å². The molecule has 0 radical (unpaired) electrons.